The zero-order chi connectivity index (χ0) is 17.5. The number of hydrogen-bond donors (Lipinski definition) is 1. The first-order valence-electron chi connectivity index (χ1n) is 7.16. The van der Waals surface area contributed by atoms with E-state index in [2.05, 4.69) is 5.32 Å². The second kappa shape index (κ2) is 8.14. The first-order valence-corrected chi connectivity index (χ1v) is 7.53. The van der Waals surface area contributed by atoms with Crippen LogP contribution in [-0.2, 0) is 16.0 Å². The predicted molar refractivity (Wildman–Crippen MR) is 90.9 cm³/mol. The van der Waals surface area contributed by atoms with Crippen molar-refractivity contribution in [3.05, 3.63) is 59.1 Å². The van der Waals surface area contributed by atoms with Crippen LogP contribution in [0.3, 0.4) is 0 Å². The normalized spacial score (nSPS) is 11.2. The van der Waals surface area contributed by atoms with Gasteiger partial charge in [-0.15, -0.1) is 0 Å². The van der Waals surface area contributed by atoms with Crippen LogP contribution in [0, 0.1) is 17.2 Å². The Balaban J connectivity index is 2.09. The van der Waals surface area contributed by atoms with Crippen LogP contribution < -0.4 is 10.1 Å². The highest BCUT2D eigenvalue weighted by molar-refractivity contribution is 6.33. The van der Waals surface area contributed by atoms with Crippen LogP contribution in [0.25, 0.3) is 0 Å². The number of halogens is 1. The molecule has 0 aliphatic heterocycles. The van der Waals surface area contributed by atoms with Gasteiger partial charge in [0.25, 0.3) is 0 Å². The maximum Gasteiger partial charge on any atom is 0.249 e. The van der Waals surface area contributed by atoms with Crippen molar-refractivity contribution in [2.24, 2.45) is 5.92 Å². The average molecular weight is 343 g/mol. The van der Waals surface area contributed by atoms with Gasteiger partial charge in [0.2, 0.25) is 5.91 Å². The Bertz CT molecular complexity index is 799. The maximum absolute atomic E-state index is 12.3. The van der Waals surface area contributed by atoms with Crippen molar-refractivity contribution in [1.29, 1.82) is 5.26 Å². The van der Waals surface area contributed by atoms with Crippen molar-refractivity contribution < 1.29 is 14.3 Å². The molecule has 122 valence electrons. The van der Waals surface area contributed by atoms with Gasteiger partial charge in [-0.25, -0.2) is 0 Å². The predicted octanol–water partition coefficient (Wildman–Crippen LogP) is 3.24. The topological polar surface area (TPSA) is 79.2 Å². The van der Waals surface area contributed by atoms with Crippen molar-refractivity contribution in [1.82, 2.24) is 0 Å². The molecule has 1 atom stereocenters. The van der Waals surface area contributed by atoms with Crippen molar-refractivity contribution in [3.8, 4) is 11.8 Å². The fourth-order valence-corrected chi connectivity index (χ4v) is 2.31. The quantitative estimate of drug-likeness (QED) is 0.817. The third-order valence-corrected chi connectivity index (χ3v) is 3.69. The van der Waals surface area contributed by atoms with E-state index >= 15 is 0 Å². The number of hydrogen-bond acceptors (Lipinski definition) is 4. The first kappa shape index (κ1) is 17.5. The summed E-state index contributed by atoms with van der Waals surface area (Å²) in [5.74, 6) is -1.99. The molecule has 24 heavy (non-hydrogen) atoms. The van der Waals surface area contributed by atoms with Crippen LogP contribution in [0.2, 0.25) is 5.02 Å². The summed E-state index contributed by atoms with van der Waals surface area (Å²) in [6.07, 6.45) is -0.0363. The highest BCUT2D eigenvalue weighted by Crippen LogP contribution is 2.21. The third-order valence-electron chi connectivity index (χ3n) is 3.36. The monoisotopic (exact) mass is 342 g/mol. The van der Waals surface area contributed by atoms with Crippen LogP contribution in [0.4, 0.5) is 5.69 Å². The Morgan fingerprint density at radius 1 is 1.25 bits per heavy atom. The minimum absolute atomic E-state index is 0.0363. The maximum atomic E-state index is 12.3. The largest absolute Gasteiger partial charge is 0.497 e. The van der Waals surface area contributed by atoms with E-state index in [-0.39, 0.29) is 6.42 Å². The van der Waals surface area contributed by atoms with Crippen LogP contribution in [-0.4, -0.2) is 18.8 Å². The summed E-state index contributed by atoms with van der Waals surface area (Å²) in [6.45, 7) is 0. The van der Waals surface area contributed by atoms with E-state index in [9.17, 15) is 14.9 Å². The molecule has 2 aromatic carbocycles. The van der Waals surface area contributed by atoms with Crippen LogP contribution in [0.5, 0.6) is 5.75 Å². The summed E-state index contributed by atoms with van der Waals surface area (Å²) in [7, 11) is 1.52. The summed E-state index contributed by atoms with van der Waals surface area (Å²) in [4.78, 5) is 24.5. The van der Waals surface area contributed by atoms with Gasteiger partial charge in [-0.3, -0.25) is 9.59 Å². The van der Waals surface area contributed by atoms with Crippen molar-refractivity contribution in [2.45, 2.75) is 6.42 Å². The number of carbonyl (C=O) groups excluding carboxylic acids is 2. The number of Topliss-reactive ketones (excluding diaryl/α,β-unsaturated/α-hetero) is 1. The molecule has 0 aliphatic rings. The molecule has 0 saturated carbocycles. The zero-order valence-corrected chi connectivity index (χ0v) is 13.7. The molecule has 0 saturated heterocycles. The lowest BCUT2D eigenvalue weighted by Gasteiger charge is -2.11. The highest BCUT2D eigenvalue weighted by atomic mass is 35.5. The number of nitriles is 1. The van der Waals surface area contributed by atoms with Crippen molar-refractivity contribution >= 4 is 29.0 Å². The Morgan fingerprint density at radius 2 is 2.00 bits per heavy atom. The number of benzene rings is 2. The van der Waals surface area contributed by atoms with E-state index in [1.807, 2.05) is 0 Å². The van der Waals surface area contributed by atoms with Gasteiger partial charge in [0.05, 0.1) is 23.9 Å². The van der Waals surface area contributed by atoms with E-state index in [1.54, 1.807) is 54.6 Å². The summed E-state index contributed by atoms with van der Waals surface area (Å²) >= 11 is 5.96. The van der Waals surface area contributed by atoms with Crippen LogP contribution >= 0.6 is 11.6 Å². The van der Waals surface area contributed by atoms with Gasteiger partial charge in [-0.2, -0.15) is 5.26 Å². The number of carbonyl (C=O) groups is 2. The minimum atomic E-state index is -1.41. The average Bonchev–Trinajstić information content (AvgIpc) is 2.57. The van der Waals surface area contributed by atoms with Gasteiger partial charge in [-0.05, 0) is 29.8 Å². The van der Waals surface area contributed by atoms with E-state index in [0.29, 0.717) is 22.0 Å². The van der Waals surface area contributed by atoms with Crippen molar-refractivity contribution in [2.75, 3.05) is 12.4 Å². The molecule has 0 aliphatic carbocycles. The molecule has 2 aromatic rings. The number of para-hydroxylation sites is 1. The minimum Gasteiger partial charge on any atom is -0.497 e. The second-order valence-corrected chi connectivity index (χ2v) is 5.43. The lowest BCUT2D eigenvalue weighted by molar-refractivity contribution is -0.128. The molecular weight excluding hydrogens is 328 g/mol. The molecule has 0 heterocycles. The van der Waals surface area contributed by atoms with E-state index in [0.717, 1.165) is 0 Å². The number of anilines is 1. The van der Waals surface area contributed by atoms with Gasteiger partial charge in [0.15, 0.2) is 11.7 Å². The molecule has 0 radical (unpaired) electrons. The molecule has 6 heteroatoms. The summed E-state index contributed by atoms with van der Waals surface area (Å²) < 4.78 is 5.09. The van der Waals surface area contributed by atoms with Crippen LogP contribution in [0.15, 0.2) is 48.5 Å². The number of nitrogens with zero attached hydrogens (tertiary/aromatic N) is 1. The SMILES string of the molecule is COc1cccc(CC(=O)[C@H](C#N)C(=O)Nc2ccccc2Cl)c1. The molecule has 0 spiro atoms. The Hall–Kier alpha value is -2.84. The smallest absolute Gasteiger partial charge is 0.249 e. The number of ether oxygens (including phenoxy) is 1. The first-order chi connectivity index (χ1) is 11.5. The van der Waals surface area contributed by atoms with Gasteiger partial charge in [0, 0.05) is 6.42 Å². The molecule has 0 bridgehead atoms. The fraction of sp³-hybridized carbons (Fsp3) is 0.167. The van der Waals surface area contributed by atoms with Crippen molar-refractivity contribution in [3.63, 3.8) is 0 Å². The Morgan fingerprint density at radius 3 is 2.67 bits per heavy atom. The van der Waals surface area contributed by atoms with Gasteiger partial charge in [-0.1, -0.05) is 35.9 Å². The summed E-state index contributed by atoms with van der Waals surface area (Å²) in [5.41, 5.74) is 1.03. The number of ketones is 1. The summed E-state index contributed by atoms with van der Waals surface area (Å²) in [5, 5.41) is 12.1. The second-order valence-electron chi connectivity index (χ2n) is 5.03. The number of methoxy groups -OCH3 is 1. The van der Waals surface area contributed by atoms with E-state index < -0.39 is 17.6 Å². The zero-order valence-electron chi connectivity index (χ0n) is 13.0. The van der Waals surface area contributed by atoms with Gasteiger partial charge in [0.1, 0.15) is 5.75 Å². The molecule has 5 nitrogen and oxygen atoms in total. The number of rotatable bonds is 6. The molecule has 2 rings (SSSR count). The molecule has 0 unspecified atom stereocenters. The fourth-order valence-electron chi connectivity index (χ4n) is 2.13. The molecule has 0 fully saturated rings. The Labute approximate surface area is 144 Å². The highest BCUT2D eigenvalue weighted by Gasteiger charge is 2.26. The molecule has 1 amide bonds. The summed E-state index contributed by atoms with van der Waals surface area (Å²) in [6, 6.07) is 15.3. The third kappa shape index (κ3) is 4.34. The van der Waals surface area contributed by atoms with E-state index in [1.165, 1.54) is 7.11 Å². The standard InChI is InChI=1S/C18H15ClN2O3/c1-24-13-6-4-5-12(9-13)10-17(22)14(11-20)18(23)21-16-8-3-2-7-15(16)19/h2-9,14H,10H2,1H3,(H,21,23)/t14-/m0/s1. The number of amides is 1. The Kier molecular flexibility index (Phi) is 5.94. The lowest BCUT2D eigenvalue weighted by atomic mass is 9.98. The molecule has 0 aromatic heterocycles. The molecule has 1 N–H and O–H groups in total. The lowest BCUT2D eigenvalue weighted by Crippen LogP contribution is -2.29. The number of nitrogens with one attached hydrogen (secondary N) is 1. The van der Waals surface area contributed by atoms with Gasteiger partial charge >= 0.3 is 0 Å². The van der Waals surface area contributed by atoms with Gasteiger partial charge < -0.3 is 10.1 Å². The molecular formula is C18H15ClN2O3. The van der Waals surface area contributed by atoms with Crippen LogP contribution in [0.1, 0.15) is 5.56 Å². The van der Waals surface area contributed by atoms with E-state index in [4.69, 9.17) is 16.3 Å².